The first-order chi connectivity index (χ1) is 8.41. The maximum atomic E-state index is 12.4. The molecular weight excluding hydrogens is 245 g/mol. The Morgan fingerprint density at radius 3 is 2.28 bits per heavy atom. The van der Waals surface area contributed by atoms with Gasteiger partial charge in [0, 0.05) is 19.1 Å². The molecule has 1 aliphatic carbocycles. The maximum Gasteiger partial charge on any atom is 0.416 e. The van der Waals surface area contributed by atoms with Crippen molar-refractivity contribution in [2.45, 2.75) is 18.7 Å². The maximum absolute atomic E-state index is 12.4. The fourth-order valence-corrected chi connectivity index (χ4v) is 1.88. The third kappa shape index (κ3) is 2.46. The van der Waals surface area contributed by atoms with Crippen LogP contribution in [0, 0.1) is 0 Å². The summed E-state index contributed by atoms with van der Waals surface area (Å²) < 4.78 is 42.2. The van der Waals surface area contributed by atoms with Crippen LogP contribution in [-0.4, -0.2) is 19.0 Å². The predicted molar refractivity (Wildman–Crippen MR) is 59.8 cm³/mol. The minimum absolute atomic E-state index is 0.110. The first kappa shape index (κ1) is 12.8. The number of ether oxygens (including phenoxy) is 1. The van der Waals surface area contributed by atoms with E-state index < -0.39 is 11.7 Å². The van der Waals surface area contributed by atoms with Crippen LogP contribution >= 0.6 is 0 Å². The Labute approximate surface area is 102 Å². The number of rotatable bonds is 2. The Balaban J connectivity index is 2.28. The molecule has 0 aliphatic heterocycles. The quantitative estimate of drug-likeness (QED) is 0.812. The molecule has 0 fully saturated rings. The van der Waals surface area contributed by atoms with E-state index in [0.29, 0.717) is 11.1 Å². The van der Waals surface area contributed by atoms with Gasteiger partial charge in [-0.3, -0.25) is 4.79 Å². The van der Waals surface area contributed by atoms with Gasteiger partial charge in [-0.2, -0.15) is 13.2 Å². The fourth-order valence-electron chi connectivity index (χ4n) is 1.88. The standard InChI is InChI=1S/C13H11F3O2/c1-18-10-6-11(12(17)7-10)8-2-4-9(5-3-8)13(14,15)16/h2-6,10H,7H2,1H3/t10-/m1/s1. The van der Waals surface area contributed by atoms with E-state index in [4.69, 9.17) is 4.74 Å². The number of halogens is 3. The van der Waals surface area contributed by atoms with Crippen molar-refractivity contribution in [1.82, 2.24) is 0 Å². The number of methoxy groups -OCH3 is 1. The summed E-state index contributed by atoms with van der Waals surface area (Å²) in [4.78, 5) is 11.7. The van der Waals surface area contributed by atoms with Crippen LogP contribution in [-0.2, 0) is 15.7 Å². The molecule has 2 nitrogen and oxygen atoms in total. The lowest BCUT2D eigenvalue weighted by atomic mass is 10.0. The second kappa shape index (κ2) is 4.57. The summed E-state index contributed by atoms with van der Waals surface area (Å²) in [5.74, 6) is -0.110. The van der Waals surface area contributed by atoms with Crippen molar-refractivity contribution in [1.29, 1.82) is 0 Å². The summed E-state index contributed by atoms with van der Waals surface area (Å²) >= 11 is 0. The fraction of sp³-hybridized carbons (Fsp3) is 0.308. The van der Waals surface area contributed by atoms with Gasteiger partial charge in [0.05, 0.1) is 11.7 Å². The lowest BCUT2D eigenvalue weighted by molar-refractivity contribution is -0.137. The van der Waals surface area contributed by atoms with Gasteiger partial charge >= 0.3 is 6.18 Å². The highest BCUT2D eigenvalue weighted by molar-refractivity contribution is 6.23. The molecule has 0 bridgehead atoms. The third-order valence-electron chi connectivity index (χ3n) is 2.87. The normalized spacial score (nSPS) is 20.1. The number of ketones is 1. The second-order valence-electron chi connectivity index (χ2n) is 4.06. The van der Waals surface area contributed by atoms with Crippen molar-refractivity contribution in [3.05, 3.63) is 41.5 Å². The number of carbonyl (C=O) groups is 1. The zero-order chi connectivity index (χ0) is 13.3. The lowest BCUT2D eigenvalue weighted by Gasteiger charge is -2.07. The number of Topliss-reactive ketones (excluding diaryl/α,β-unsaturated/α-hetero) is 1. The van der Waals surface area contributed by atoms with E-state index in [1.54, 1.807) is 6.08 Å². The van der Waals surface area contributed by atoms with E-state index >= 15 is 0 Å². The zero-order valence-corrected chi connectivity index (χ0v) is 9.62. The van der Waals surface area contributed by atoms with Gasteiger partial charge in [0.2, 0.25) is 0 Å². The predicted octanol–water partition coefficient (Wildman–Crippen LogP) is 3.08. The van der Waals surface area contributed by atoms with Gasteiger partial charge in [0.25, 0.3) is 0 Å². The average Bonchev–Trinajstić information content (AvgIpc) is 2.70. The molecule has 0 aromatic heterocycles. The van der Waals surface area contributed by atoms with Gasteiger partial charge in [-0.1, -0.05) is 12.1 Å². The minimum Gasteiger partial charge on any atom is -0.377 e. The highest BCUT2D eigenvalue weighted by atomic mass is 19.4. The molecule has 1 aromatic carbocycles. The largest absolute Gasteiger partial charge is 0.416 e. The molecule has 5 heteroatoms. The van der Waals surface area contributed by atoms with E-state index in [-0.39, 0.29) is 18.3 Å². The smallest absolute Gasteiger partial charge is 0.377 e. The number of hydrogen-bond donors (Lipinski definition) is 0. The Bertz CT molecular complexity index is 486. The van der Waals surface area contributed by atoms with Crippen molar-refractivity contribution in [3.8, 4) is 0 Å². The molecule has 2 rings (SSSR count). The zero-order valence-electron chi connectivity index (χ0n) is 9.62. The van der Waals surface area contributed by atoms with Gasteiger partial charge in [0.15, 0.2) is 5.78 Å². The van der Waals surface area contributed by atoms with E-state index in [2.05, 4.69) is 0 Å². The number of alkyl halides is 3. The summed E-state index contributed by atoms with van der Waals surface area (Å²) in [7, 11) is 1.49. The molecule has 1 atom stereocenters. The van der Waals surface area contributed by atoms with Crippen LogP contribution < -0.4 is 0 Å². The van der Waals surface area contributed by atoms with E-state index in [0.717, 1.165) is 12.1 Å². The van der Waals surface area contributed by atoms with Gasteiger partial charge in [-0.05, 0) is 23.8 Å². The summed E-state index contributed by atoms with van der Waals surface area (Å²) in [5.41, 5.74) is 0.198. The molecule has 0 saturated carbocycles. The second-order valence-corrected chi connectivity index (χ2v) is 4.06. The van der Waals surface area contributed by atoms with E-state index in [1.165, 1.54) is 19.2 Å². The van der Waals surface area contributed by atoms with Crippen molar-refractivity contribution < 1.29 is 22.7 Å². The Hall–Kier alpha value is -1.62. The van der Waals surface area contributed by atoms with Crippen LogP contribution in [0.5, 0.6) is 0 Å². The Morgan fingerprint density at radius 1 is 1.22 bits per heavy atom. The summed E-state index contributed by atoms with van der Waals surface area (Å²) in [5, 5.41) is 0. The van der Waals surface area contributed by atoms with E-state index in [1.807, 2.05) is 0 Å². The van der Waals surface area contributed by atoms with Crippen molar-refractivity contribution >= 4 is 11.4 Å². The number of benzene rings is 1. The molecule has 1 aromatic rings. The molecule has 0 radical (unpaired) electrons. The van der Waals surface area contributed by atoms with Gasteiger partial charge < -0.3 is 4.74 Å². The van der Waals surface area contributed by atoms with Crippen LogP contribution in [0.2, 0.25) is 0 Å². The average molecular weight is 256 g/mol. The van der Waals surface area contributed by atoms with Gasteiger partial charge in [0.1, 0.15) is 0 Å². The number of allylic oxidation sites excluding steroid dienone is 1. The Morgan fingerprint density at radius 2 is 1.83 bits per heavy atom. The van der Waals surface area contributed by atoms with Crippen LogP contribution in [0.1, 0.15) is 17.5 Å². The van der Waals surface area contributed by atoms with Crippen LogP contribution in [0.15, 0.2) is 30.3 Å². The molecular formula is C13H11F3O2. The molecule has 18 heavy (non-hydrogen) atoms. The van der Waals surface area contributed by atoms with Gasteiger partial charge in [-0.25, -0.2) is 0 Å². The summed E-state index contributed by atoms with van der Waals surface area (Å²) in [6, 6.07) is 4.57. The van der Waals surface area contributed by atoms with Crippen molar-refractivity contribution in [2.24, 2.45) is 0 Å². The Kier molecular flexibility index (Phi) is 3.26. The SMILES string of the molecule is CO[C@@H]1C=C(c2ccc(C(F)(F)F)cc2)C(=O)C1. The van der Waals surface area contributed by atoms with Crippen LogP contribution in [0.4, 0.5) is 13.2 Å². The first-order valence-corrected chi connectivity index (χ1v) is 5.37. The molecule has 0 heterocycles. The molecule has 0 amide bonds. The van der Waals surface area contributed by atoms with Crippen molar-refractivity contribution in [2.75, 3.05) is 7.11 Å². The lowest BCUT2D eigenvalue weighted by Crippen LogP contribution is -2.05. The molecule has 0 unspecified atom stereocenters. The first-order valence-electron chi connectivity index (χ1n) is 5.37. The van der Waals surface area contributed by atoms with Crippen LogP contribution in [0.3, 0.4) is 0 Å². The minimum atomic E-state index is -4.36. The molecule has 0 spiro atoms. The number of hydrogen-bond acceptors (Lipinski definition) is 2. The molecule has 96 valence electrons. The highest BCUT2D eigenvalue weighted by Crippen LogP contribution is 2.31. The summed E-state index contributed by atoms with van der Waals surface area (Å²) in [6.07, 6.45) is -2.76. The molecule has 1 aliphatic rings. The topological polar surface area (TPSA) is 26.3 Å². The van der Waals surface area contributed by atoms with Crippen molar-refractivity contribution in [3.63, 3.8) is 0 Å². The third-order valence-corrected chi connectivity index (χ3v) is 2.87. The van der Waals surface area contributed by atoms with Crippen LogP contribution in [0.25, 0.3) is 5.57 Å². The van der Waals surface area contributed by atoms with E-state index in [9.17, 15) is 18.0 Å². The monoisotopic (exact) mass is 256 g/mol. The highest BCUT2D eigenvalue weighted by Gasteiger charge is 2.31. The summed E-state index contributed by atoms with van der Waals surface area (Å²) in [6.45, 7) is 0. The van der Waals surface area contributed by atoms with Gasteiger partial charge in [-0.15, -0.1) is 0 Å². The molecule has 0 N–H and O–H groups in total. The molecule has 0 saturated heterocycles. The number of carbonyl (C=O) groups excluding carboxylic acids is 1.